The zero-order chi connectivity index (χ0) is 13.7. The van der Waals surface area contributed by atoms with Gasteiger partial charge in [-0.05, 0) is 5.56 Å². The Labute approximate surface area is 108 Å². The minimum absolute atomic E-state index is 0.145. The third kappa shape index (κ3) is 3.67. The number of benzene rings is 1. The van der Waals surface area contributed by atoms with Gasteiger partial charge < -0.3 is 9.84 Å². The molecule has 0 aliphatic heterocycles. The van der Waals surface area contributed by atoms with Gasteiger partial charge in [-0.2, -0.15) is 5.10 Å². The van der Waals surface area contributed by atoms with Crippen molar-refractivity contribution >= 4 is 5.97 Å². The quantitative estimate of drug-likeness (QED) is 0.818. The fourth-order valence-corrected chi connectivity index (χ4v) is 1.45. The lowest BCUT2D eigenvalue weighted by atomic mass is 10.2. The topological polar surface area (TPSA) is 81.4 Å². The monoisotopic (exact) mass is 260 g/mol. The van der Waals surface area contributed by atoms with Crippen LogP contribution in [0.2, 0.25) is 0 Å². The first-order valence-electron chi connectivity index (χ1n) is 5.61. The lowest BCUT2D eigenvalue weighted by molar-refractivity contribution is -0.146. The van der Waals surface area contributed by atoms with Crippen LogP contribution >= 0.6 is 0 Å². The Kier molecular flexibility index (Phi) is 3.92. The summed E-state index contributed by atoms with van der Waals surface area (Å²) in [6.07, 6.45) is 1.09. The van der Waals surface area contributed by atoms with E-state index in [1.54, 1.807) is 0 Å². The summed E-state index contributed by atoms with van der Waals surface area (Å²) in [5.74, 6) is -0.803. The van der Waals surface area contributed by atoms with Gasteiger partial charge in [0.2, 0.25) is 0 Å². The molecule has 6 nitrogen and oxygen atoms in total. The number of hydrogen-bond donors (Lipinski definition) is 1. The Balaban J connectivity index is 1.93. The van der Waals surface area contributed by atoms with Crippen molar-refractivity contribution in [3.8, 4) is 5.75 Å². The molecule has 0 aliphatic rings. The van der Waals surface area contributed by atoms with Crippen LogP contribution in [0.15, 0.2) is 47.4 Å². The van der Waals surface area contributed by atoms with Crippen molar-refractivity contribution in [2.75, 3.05) is 0 Å². The molecule has 6 heteroatoms. The summed E-state index contributed by atoms with van der Waals surface area (Å²) in [6.45, 7) is -0.140. The second-order valence-corrected chi connectivity index (χ2v) is 3.86. The maximum Gasteiger partial charge on any atom is 0.328 e. The van der Waals surface area contributed by atoms with E-state index in [9.17, 15) is 9.59 Å². The van der Waals surface area contributed by atoms with Crippen molar-refractivity contribution < 1.29 is 14.6 Å². The smallest absolute Gasteiger partial charge is 0.328 e. The molecule has 0 atom stereocenters. The molecule has 0 bridgehead atoms. The summed E-state index contributed by atoms with van der Waals surface area (Å²) in [7, 11) is 0. The molecule has 0 spiro atoms. The average Bonchev–Trinajstić information content (AvgIpc) is 2.41. The molecular weight excluding hydrogens is 248 g/mol. The molecule has 0 saturated carbocycles. The van der Waals surface area contributed by atoms with E-state index in [0.29, 0.717) is 0 Å². The number of aromatic nitrogens is 2. The summed E-state index contributed by atoms with van der Waals surface area (Å²) in [4.78, 5) is 22.9. The van der Waals surface area contributed by atoms with E-state index in [4.69, 9.17) is 9.84 Å². The van der Waals surface area contributed by atoms with Crippen LogP contribution in [-0.2, 0) is 22.7 Å². The molecule has 98 valence electrons. The van der Waals surface area contributed by atoms with E-state index < -0.39 is 11.5 Å². The highest BCUT2D eigenvalue weighted by Crippen LogP contribution is 2.01. The van der Waals surface area contributed by atoms with E-state index in [0.717, 1.165) is 22.5 Å². The van der Waals surface area contributed by atoms with Crippen LogP contribution in [0.25, 0.3) is 0 Å². The van der Waals surface area contributed by atoms with Crippen LogP contribution in [0, 0.1) is 0 Å². The summed E-state index contributed by atoms with van der Waals surface area (Å²) in [6, 6.07) is 10.2. The van der Waals surface area contributed by atoms with Gasteiger partial charge in [0, 0.05) is 6.07 Å². The molecule has 1 N–H and O–H groups in total. The molecule has 0 radical (unpaired) electrons. The number of aromatic hydroxyl groups is 1. The highest BCUT2D eigenvalue weighted by molar-refractivity contribution is 5.69. The summed E-state index contributed by atoms with van der Waals surface area (Å²) < 4.78 is 5.94. The van der Waals surface area contributed by atoms with Gasteiger partial charge in [-0.3, -0.25) is 9.59 Å². The Morgan fingerprint density at radius 3 is 2.74 bits per heavy atom. The summed E-state index contributed by atoms with van der Waals surface area (Å²) >= 11 is 0. The molecule has 19 heavy (non-hydrogen) atoms. The van der Waals surface area contributed by atoms with Crippen LogP contribution in [0.4, 0.5) is 0 Å². The first-order chi connectivity index (χ1) is 9.15. The van der Waals surface area contributed by atoms with Gasteiger partial charge in [-0.1, -0.05) is 30.3 Å². The van der Waals surface area contributed by atoms with Gasteiger partial charge in [-0.15, -0.1) is 0 Å². The molecule has 1 heterocycles. The molecule has 0 aliphatic carbocycles. The fourth-order valence-electron chi connectivity index (χ4n) is 1.45. The van der Waals surface area contributed by atoms with Crippen LogP contribution in [0.5, 0.6) is 5.75 Å². The number of carbonyl (C=O) groups is 1. The molecule has 2 aromatic rings. The lowest BCUT2D eigenvalue weighted by Crippen LogP contribution is -2.26. The maximum atomic E-state index is 11.5. The van der Waals surface area contributed by atoms with E-state index in [1.807, 2.05) is 30.3 Å². The molecule has 0 fully saturated rings. The maximum absolute atomic E-state index is 11.5. The van der Waals surface area contributed by atoms with Crippen molar-refractivity contribution in [3.05, 3.63) is 58.5 Å². The SMILES string of the molecule is O=C(Cn1ncc(O)cc1=O)OCc1ccccc1. The predicted molar refractivity (Wildman–Crippen MR) is 66.4 cm³/mol. The first kappa shape index (κ1) is 12.8. The normalized spacial score (nSPS) is 10.1. The first-order valence-corrected chi connectivity index (χ1v) is 5.61. The highest BCUT2D eigenvalue weighted by Gasteiger charge is 2.07. The number of rotatable bonds is 4. The second kappa shape index (κ2) is 5.81. The van der Waals surface area contributed by atoms with Crippen LogP contribution < -0.4 is 5.56 Å². The van der Waals surface area contributed by atoms with Gasteiger partial charge in [0.25, 0.3) is 5.56 Å². The van der Waals surface area contributed by atoms with E-state index in [1.165, 1.54) is 0 Å². The fraction of sp³-hybridized carbons (Fsp3) is 0.154. The minimum Gasteiger partial charge on any atom is -0.506 e. The molecule has 0 amide bonds. The lowest BCUT2D eigenvalue weighted by Gasteiger charge is -2.06. The summed E-state index contributed by atoms with van der Waals surface area (Å²) in [5, 5.41) is 12.7. The largest absolute Gasteiger partial charge is 0.506 e. The Hall–Kier alpha value is -2.63. The van der Waals surface area contributed by atoms with Crippen molar-refractivity contribution in [2.24, 2.45) is 0 Å². The van der Waals surface area contributed by atoms with Crippen molar-refractivity contribution in [2.45, 2.75) is 13.2 Å². The second-order valence-electron chi connectivity index (χ2n) is 3.86. The Morgan fingerprint density at radius 2 is 2.05 bits per heavy atom. The van der Waals surface area contributed by atoms with Crippen LogP contribution in [0.3, 0.4) is 0 Å². The van der Waals surface area contributed by atoms with Crippen LogP contribution in [-0.4, -0.2) is 20.9 Å². The Bertz CT molecular complexity index is 622. The molecule has 0 saturated heterocycles. The molecule has 1 aromatic heterocycles. The summed E-state index contributed by atoms with van der Waals surface area (Å²) in [5.41, 5.74) is 0.304. The molecule has 2 rings (SSSR count). The minimum atomic E-state index is -0.566. The number of hydrogen-bond acceptors (Lipinski definition) is 5. The van der Waals surface area contributed by atoms with Crippen molar-refractivity contribution in [3.63, 3.8) is 0 Å². The van der Waals surface area contributed by atoms with Crippen molar-refractivity contribution in [1.82, 2.24) is 9.78 Å². The number of esters is 1. The third-order valence-corrected chi connectivity index (χ3v) is 2.38. The van der Waals surface area contributed by atoms with E-state index in [-0.39, 0.29) is 18.9 Å². The predicted octanol–water partition coefficient (Wildman–Crippen LogP) is 0.692. The van der Waals surface area contributed by atoms with Crippen LogP contribution in [0.1, 0.15) is 5.56 Å². The molecule has 1 aromatic carbocycles. The van der Waals surface area contributed by atoms with Gasteiger partial charge in [0.05, 0.1) is 6.20 Å². The van der Waals surface area contributed by atoms with E-state index >= 15 is 0 Å². The molecule has 0 unspecified atom stereocenters. The highest BCUT2D eigenvalue weighted by atomic mass is 16.5. The number of ether oxygens (including phenoxy) is 1. The number of carbonyl (C=O) groups excluding carboxylic acids is 1. The van der Waals surface area contributed by atoms with E-state index in [2.05, 4.69) is 5.10 Å². The zero-order valence-electron chi connectivity index (χ0n) is 10.0. The number of nitrogens with zero attached hydrogens (tertiary/aromatic N) is 2. The third-order valence-electron chi connectivity index (χ3n) is 2.38. The zero-order valence-corrected chi connectivity index (χ0v) is 10.0. The Morgan fingerprint density at radius 1 is 1.32 bits per heavy atom. The van der Waals surface area contributed by atoms with Gasteiger partial charge in [0.15, 0.2) is 0 Å². The molecular formula is C13H12N2O4. The van der Waals surface area contributed by atoms with Gasteiger partial charge >= 0.3 is 5.97 Å². The van der Waals surface area contributed by atoms with Gasteiger partial charge in [-0.25, -0.2) is 4.68 Å². The van der Waals surface area contributed by atoms with Crippen molar-refractivity contribution in [1.29, 1.82) is 0 Å². The average molecular weight is 260 g/mol. The standard InChI is InChI=1S/C13H12N2O4/c16-11-6-12(17)15(14-7-11)8-13(18)19-9-10-4-2-1-3-5-10/h1-7,16H,8-9H2. The van der Waals surface area contributed by atoms with Gasteiger partial charge in [0.1, 0.15) is 18.9 Å².